The monoisotopic (exact) mass is 382 g/mol. The molecular formula is C22H26N2O4. The Morgan fingerprint density at radius 1 is 1.14 bits per heavy atom. The number of nitrogens with one attached hydrogen (secondary N) is 1. The summed E-state index contributed by atoms with van der Waals surface area (Å²) in [7, 11) is 3.25. The number of para-hydroxylation sites is 1. The summed E-state index contributed by atoms with van der Waals surface area (Å²) in [6, 6.07) is 11.6. The SMILES string of the molecule is COc1cccc(-c2[nH]c3ccc(CC(=O)O)cc3c2CCCCN)c1OC. The molecule has 0 atom stereocenters. The van der Waals surface area contributed by atoms with Crippen molar-refractivity contribution >= 4 is 16.9 Å². The number of hydrogen-bond donors (Lipinski definition) is 3. The van der Waals surface area contributed by atoms with Crippen LogP contribution >= 0.6 is 0 Å². The molecule has 0 fully saturated rings. The van der Waals surface area contributed by atoms with Gasteiger partial charge in [-0.25, -0.2) is 0 Å². The molecule has 0 unspecified atom stereocenters. The molecule has 4 N–H and O–H groups in total. The number of benzene rings is 2. The average molecular weight is 382 g/mol. The minimum atomic E-state index is -0.839. The van der Waals surface area contributed by atoms with Gasteiger partial charge in [-0.15, -0.1) is 0 Å². The molecule has 3 rings (SSSR count). The Morgan fingerprint density at radius 3 is 2.64 bits per heavy atom. The van der Waals surface area contributed by atoms with Gasteiger partial charge in [0.15, 0.2) is 11.5 Å². The largest absolute Gasteiger partial charge is 0.493 e. The van der Waals surface area contributed by atoms with Gasteiger partial charge in [0.25, 0.3) is 0 Å². The Balaban J connectivity index is 2.18. The number of carbonyl (C=O) groups is 1. The molecule has 3 aromatic rings. The van der Waals surface area contributed by atoms with Crippen LogP contribution in [0.3, 0.4) is 0 Å². The van der Waals surface area contributed by atoms with Gasteiger partial charge >= 0.3 is 5.97 Å². The van der Waals surface area contributed by atoms with Crippen LogP contribution in [0, 0.1) is 0 Å². The summed E-state index contributed by atoms with van der Waals surface area (Å²) in [6.45, 7) is 0.643. The highest BCUT2D eigenvalue weighted by Crippen LogP contribution is 2.41. The third-order valence-corrected chi connectivity index (χ3v) is 4.88. The van der Waals surface area contributed by atoms with Crippen LogP contribution in [0.4, 0.5) is 0 Å². The van der Waals surface area contributed by atoms with Gasteiger partial charge in [-0.05, 0) is 61.2 Å². The van der Waals surface area contributed by atoms with E-state index in [2.05, 4.69) is 4.98 Å². The maximum Gasteiger partial charge on any atom is 0.307 e. The fourth-order valence-corrected chi connectivity index (χ4v) is 3.60. The number of rotatable bonds is 9. The molecule has 0 aliphatic heterocycles. The molecule has 6 nitrogen and oxygen atoms in total. The van der Waals surface area contributed by atoms with E-state index >= 15 is 0 Å². The lowest BCUT2D eigenvalue weighted by Crippen LogP contribution is -2.00. The van der Waals surface area contributed by atoms with Gasteiger partial charge in [-0.2, -0.15) is 0 Å². The number of fused-ring (bicyclic) bond motifs is 1. The number of unbranched alkanes of at least 4 members (excludes halogenated alkanes) is 1. The molecule has 148 valence electrons. The molecule has 0 aliphatic rings. The summed E-state index contributed by atoms with van der Waals surface area (Å²) >= 11 is 0. The van der Waals surface area contributed by atoms with Crippen LogP contribution in [0.5, 0.6) is 11.5 Å². The average Bonchev–Trinajstić information content (AvgIpc) is 3.04. The van der Waals surface area contributed by atoms with Gasteiger partial charge in [0, 0.05) is 16.5 Å². The predicted octanol–water partition coefficient (Wildman–Crippen LogP) is 3.76. The summed E-state index contributed by atoms with van der Waals surface area (Å²) in [5.41, 5.74) is 10.5. The number of carboxylic acid groups (broad SMARTS) is 1. The van der Waals surface area contributed by atoms with Crippen LogP contribution in [0.15, 0.2) is 36.4 Å². The Labute approximate surface area is 164 Å². The molecule has 0 saturated heterocycles. The molecule has 1 aromatic heterocycles. The first kappa shape index (κ1) is 19.8. The zero-order chi connectivity index (χ0) is 20.1. The minimum absolute atomic E-state index is 0.00116. The van der Waals surface area contributed by atoms with E-state index in [1.54, 1.807) is 14.2 Å². The molecule has 0 aliphatic carbocycles. The number of aromatic amines is 1. The van der Waals surface area contributed by atoms with Crippen molar-refractivity contribution in [3.63, 3.8) is 0 Å². The van der Waals surface area contributed by atoms with E-state index in [4.69, 9.17) is 20.3 Å². The number of aliphatic carboxylic acids is 1. The quantitative estimate of drug-likeness (QED) is 0.490. The second kappa shape index (κ2) is 8.80. The van der Waals surface area contributed by atoms with Crippen molar-refractivity contribution in [3.05, 3.63) is 47.5 Å². The van der Waals surface area contributed by atoms with Crippen molar-refractivity contribution < 1.29 is 19.4 Å². The summed E-state index contributed by atoms with van der Waals surface area (Å²) in [5, 5.41) is 10.2. The van der Waals surface area contributed by atoms with E-state index in [0.717, 1.165) is 52.5 Å². The smallest absolute Gasteiger partial charge is 0.307 e. The first-order valence-electron chi connectivity index (χ1n) is 9.35. The van der Waals surface area contributed by atoms with Crippen LogP contribution < -0.4 is 15.2 Å². The highest BCUT2D eigenvalue weighted by atomic mass is 16.5. The van der Waals surface area contributed by atoms with Crippen molar-refractivity contribution in [3.8, 4) is 22.8 Å². The summed E-state index contributed by atoms with van der Waals surface area (Å²) in [5.74, 6) is 0.495. The predicted molar refractivity (Wildman–Crippen MR) is 110 cm³/mol. The third-order valence-electron chi connectivity index (χ3n) is 4.88. The van der Waals surface area contributed by atoms with Gasteiger partial charge in [0.1, 0.15) is 0 Å². The van der Waals surface area contributed by atoms with Crippen LogP contribution in [0.1, 0.15) is 24.0 Å². The number of hydrogen-bond acceptors (Lipinski definition) is 4. The van der Waals surface area contributed by atoms with Gasteiger partial charge in [0.2, 0.25) is 0 Å². The van der Waals surface area contributed by atoms with Crippen molar-refractivity contribution in [2.75, 3.05) is 20.8 Å². The molecule has 0 radical (unpaired) electrons. The first-order chi connectivity index (χ1) is 13.6. The van der Waals surface area contributed by atoms with Crippen molar-refractivity contribution in [1.29, 1.82) is 0 Å². The van der Waals surface area contributed by atoms with Crippen LogP contribution in [-0.4, -0.2) is 36.8 Å². The van der Waals surface area contributed by atoms with Crippen LogP contribution in [0.25, 0.3) is 22.2 Å². The van der Waals surface area contributed by atoms with Crippen molar-refractivity contribution in [2.24, 2.45) is 5.73 Å². The number of ether oxygens (including phenoxy) is 2. The number of methoxy groups -OCH3 is 2. The lowest BCUT2D eigenvalue weighted by molar-refractivity contribution is -0.136. The number of H-pyrrole nitrogens is 1. The fraction of sp³-hybridized carbons (Fsp3) is 0.318. The van der Waals surface area contributed by atoms with E-state index in [0.29, 0.717) is 18.0 Å². The Hall–Kier alpha value is -2.99. The second-order valence-corrected chi connectivity index (χ2v) is 6.72. The van der Waals surface area contributed by atoms with Gasteiger partial charge in [-0.3, -0.25) is 4.79 Å². The van der Waals surface area contributed by atoms with Gasteiger partial charge in [-0.1, -0.05) is 12.1 Å². The van der Waals surface area contributed by atoms with E-state index < -0.39 is 5.97 Å². The number of aromatic nitrogens is 1. The highest BCUT2D eigenvalue weighted by molar-refractivity contribution is 5.93. The lowest BCUT2D eigenvalue weighted by atomic mass is 9.98. The molecular weight excluding hydrogens is 356 g/mol. The number of nitrogens with two attached hydrogens (primary N) is 1. The fourth-order valence-electron chi connectivity index (χ4n) is 3.60. The second-order valence-electron chi connectivity index (χ2n) is 6.72. The zero-order valence-corrected chi connectivity index (χ0v) is 16.2. The normalized spacial score (nSPS) is 11.0. The van der Waals surface area contributed by atoms with E-state index in [-0.39, 0.29) is 6.42 Å². The number of carboxylic acids is 1. The Bertz CT molecular complexity index is 978. The Kier molecular flexibility index (Phi) is 6.21. The first-order valence-corrected chi connectivity index (χ1v) is 9.35. The standard InChI is InChI=1S/C22H26N2O4/c1-27-19-8-5-7-16(22(19)28-2)21-15(6-3-4-11-23)17-12-14(13-20(25)26)9-10-18(17)24-21/h5,7-10,12,24H,3-4,6,11,13,23H2,1-2H3,(H,25,26). The van der Waals surface area contributed by atoms with E-state index in [1.165, 1.54) is 0 Å². The summed E-state index contributed by atoms with van der Waals surface area (Å²) in [4.78, 5) is 14.6. The molecule has 6 heteroatoms. The molecule has 0 spiro atoms. The van der Waals surface area contributed by atoms with E-state index in [9.17, 15) is 4.79 Å². The van der Waals surface area contributed by atoms with Crippen molar-refractivity contribution in [1.82, 2.24) is 4.98 Å². The summed E-state index contributed by atoms with van der Waals surface area (Å²) in [6.07, 6.45) is 2.71. The number of aryl methyl sites for hydroxylation is 1. The molecule has 1 heterocycles. The minimum Gasteiger partial charge on any atom is -0.493 e. The summed E-state index contributed by atoms with van der Waals surface area (Å²) < 4.78 is 11.1. The van der Waals surface area contributed by atoms with E-state index in [1.807, 2.05) is 36.4 Å². The maximum absolute atomic E-state index is 11.1. The van der Waals surface area contributed by atoms with Crippen LogP contribution in [0.2, 0.25) is 0 Å². The molecule has 2 aromatic carbocycles. The zero-order valence-electron chi connectivity index (χ0n) is 16.2. The molecule has 0 bridgehead atoms. The topological polar surface area (TPSA) is 97.6 Å². The van der Waals surface area contributed by atoms with Crippen LogP contribution in [-0.2, 0) is 17.6 Å². The molecule has 0 amide bonds. The Morgan fingerprint density at radius 2 is 1.96 bits per heavy atom. The molecule has 28 heavy (non-hydrogen) atoms. The third kappa shape index (κ3) is 3.97. The van der Waals surface area contributed by atoms with Crippen molar-refractivity contribution in [2.45, 2.75) is 25.7 Å². The highest BCUT2D eigenvalue weighted by Gasteiger charge is 2.19. The van der Waals surface area contributed by atoms with Gasteiger partial charge in [0.05, 0.1) is 26.3 Å². The molecule has 0 saturated carbocycles. The lowest BCUT2D eigenvalue weighted by Gasteiger charge is -2.13. The van der Waals surface area contributed by atoms with Gasteiger partial charge < -0.3 is 25.3 Å². The maximum atomic E-state index is 11.1.